The number of nitrogens with zero attached hydrogens (tertiary/aromatic N) is 5. The quantitative estimate of drug-likeness (QED) is 0.573. The zero-order chi connectivity index (χ0) is 17.4. The van der Waals surface area contributed by atoms with Gasteiger partial charge < -0.3 is 10.1 Å². The van der Waals surface area contributed by atoms with Crippen molar-refractivity contribution in [3.63, 3.8) is 0 Å². The standard InChI is InChI=1S/C14H13ClN6O3/c15-11-4-2-10(3-5-11)14-18-20-21(19-14)8-13(23)24-9-12(22)17-7-1-6-16/h2-5H,1,7-9H2,(H,17,22). The van der Waals surface area contributed by atoms with Gasteiger partial charge in [0.15, 0.2) is 13.2 Å². The fourth-order valence-electron chi connectivity index (χ4n) is 1.64. The van der Waals surface area contributed by atoms with Crippen LogP contribution in [-0.2, 0) is 20.9 Å². The van der Waals surface area contributed by atoms with Crippen LogP contribution >= 0.6 is 11.6 Å². The fraction of sp³-hybridized carbons (Fsp3) is 0.286. The van der Waals surface area contributed by atoms with Gasteiger partial charge in [0.05, 0.1) is 12.5 Å². The number of hydrogen-bond acceptors (Lipinski definition) is 7. The molecule has 0 aliphatic rings. The van der Waals surface area contributed by atoms with Gasteiger partial charge in [0.25, 0.3) is 5.91 Å². The van der Waals surface area contributed by atoms with Gasteiger partial charge in [-0.25, -0.2) is 4.79 Å². The Hall–Kier alpha value is -2.99. The van der Waals surface area contributed by atoms with Crippen LogP contribution in [0.5, 0.6) is 0 Å². The van der Waals surface area contributed by atoms with Gasteiger partial charge in [-0.3, -0.25) is 4.79 Å². The van der Waals surface area contributed by atoms with Crippen LogP contribution in [0.25, 0.3) is 11.4 Å². The summed E-state index contributed by atoms with van der Waals surface area (Å²) in [6.07, 6.45) is 0.191. The zero-order valence-electron chi connectivity index (χ0n) is 12.5. The molecule has 0 fully saturated rings. The monoisotopic (exact) mass is 348 g/mol. The summed E-state index contributed by atoms with van der Waals surface area (Å²) in [6.45, 7) is -0.489. The lowest BCUT2D eigenvalue weighted by Gasteiger charge is -2.04. The molecule has 0 bridgehead atoms. The Bertz CT molecular complexity index is 753. The summed E-state index contributed by atoms with van der Waals surface area (Å²) in [7, 11) is 0. The highest BCUT2D eigenvalue weighted by molar-refractivity contribution is 6.30. The first-order valence-corrected chi connectivity index (χ1v) is 7.29. The lowest BCUT2D eigenvalue weighted by Crippen LogP contribution is -2.30. The first kappa shape index (κ1) is 17.4. The number of hydrogen-bond donors (Lipinski definition) is 1. The van der Waals surface area contributed by atoms with Gasteiger partial charge in [0, 0.05) is 17.1 Å². The summed E-state index contributed by atoms with van der Waals surface area (Å²) in [4.78, 5) is 24.0. The largest absolute Gasteiger partial charge is 0.454 e. The highest BCUT2D eigenvalue weighted by Crippen LogP contribution is 2.16. The van der Waals surface area contributed by atoms with Crippen LogP contribution in [0.3, 0.4) is 0 Å². The molecule has 0 aliphatic heterocycles. The van der Waals surface area contributed by atoms with E-state index in [-0.39, 0.29) is 19.5 Å². The van der Waals surface area contributed by atoms with Crippen LogP contribution in [0.15, 0.2) is 24.3 Å². The molecule has 0 radical (unpaired) electrons. The molecule has 10 heteroatoms. The number of esters is 1. The molecule has 0 saturated carbocycles. The predicted octanol–water partition coefficient (Wildman–Crippen LogP) is 0.567. The number of amides is 1. The first-order valence-electron chi connectivity index (χ1n) is 6.91. The number of benzene rings is 1. The van der Waals surface area contributed by atoms with Gasteiger partial charge in [0.1, 0.15) is 0 Å². The molecule has 0 saturated heterocycles. The van der Waals surface area contributed by atoms with Crippen LogP contribution in [0.4, 0.5) is 0 Å². The maximum Gasteiger partial charge on any atom is 0.330 e. The highest BCUT2D eigenvalue weighted by atomic mass is 35.5. The molecule has 0 atom stereocenters. The molecule has 2 rings (SSSR count). The molecular formula is C14H13ClN6O3. The number of rotatable bonds is 7. The van der Waals surface area contributed by atoms with E-state index in [1.165, 1.54) is 0 Å². The predicted molar refractivity (Wildman–Crippen MR) is 82.5 cm³/mol. The van der Waals surface area contributed by atoms with Crippen molar-refractivity contribution in [3.05, 3.63) is 29.3 Å². The summed E-state index contributed by atoms with van der Waals surface area (Å²) in [6, 6.07) is 8.72. The Labute approximate surface area is 142 Å². The van der Waals surface area contributed by atoms with E-state index in [1.807, 2.05) is 6.07 Å². The van der Waals surface area contributed by atoms with Crippen molar-refractivity contribution in [3.8, 4) is 17.5 Å². The third-order valence-electron chi connectivity index (χ3n) is 2.75. The zero-order valence-corrected chi connectivity index (χ0v) is 13.2. The Morgan fingerprint density at radius 2 is 2.08 bits per heavy atom. The van der Waals surface area contributed by atoms with Gasteiger partial charge in [0.2, 0.25) is 5.82 Å². The van der Waals surface area contributed by atoms with Gasteiger partial charge in [-0.05, 0) is 29.5 Å². The van der Waals surface area contributed by atoms with Gasteiger partial charge in [-0.15, -0.1) is 10.2 Å². The van der Waals surface area contributed by atoms with Gasteiger partial charge in [-0.2, -0.15) is 10.1 Å². The Morgan fingerprint density at radius 3 is 2.79 bits per heavy atom. The molecule has 0 aliphatic carbocycles. The third kappa shape index (κ3) is 5.33. The Morgan fingerprint density at radius 1 is 1.33 bits per heavy atom. The Kier molecular flexibility index (Phi) is 6.22. The molecule has 9 nitrogen and oxygen atoms in total. The second-order valence-electron chi connectivity index (χ2n) is 4.57. The Balaban J connectivity index is 1.81. The van der Waals surface area contributed by atoms with Crippen molar-refractivity contribution in [2.75, 3.05) is 13.2 Å². The summed E-state index contributed by atoms with van der Waals surface area (Å²) in [5.74, 6) is -0.814. The van der Waals surface area contributed by atoms with E-state index in [2.05, 4.69) is 20.7 Å². The van der Waals surface area contributed by atoms with Crippen molar-refractivity contribution < 1.29 is 14.3 Å². The molecule has 1 heterocycles. The molecule has 24 heavy (non-hydrogen) atoms. The second-order valence-corrected chi connectivity index (χ2v) is 5.01. The molecular weight excluding hydrogens is 336 g/mol. The molecule has 1 N–H and O–H groups in total. The normalized spacial score (nSPS) is 10.0. The molecule has 1 aromatic carbocycles. The van der Waals surface area contributed by atoms with E-state index < -0.39 is 18.5 Å². The van der Waals surface area contributed by atoms with Gasteiger partial charge in [-0.1, -0.05) is 11.6 Å². The van der Waals surface area contributed by atoms with Crippen molar-refractivity contribution >= 4 is 23.5 Å². The van der Waals surface area contributed by atoms with E-state index in [0.717, 1.165) is 4.80 Å². The number of nitriles is 1. The maximum atomic E-state index is 11.6. The minimum absolute atomic E-state index is 0.191. The van der Waals surface area contributed by atoms with E-state index in [9.17, 15) is 9.59 Å². The number of carbonyl (C=O) groups is 2. The van der Waals surface area contributed by atoms with Crippen LogP contribution in [0.1, 0.15) is 6.42 Å². The van der Waals surface area contributed by atoms with Crippen molar-refractivity contribution in [1.29, 1.82) is 5.26 Å². The summed E-state index contributed by atoms with van der Waals surface area (Å²) in [5.41, 5.74) is 0.705. The number of nitrogens with one attached hydrogen (secondary N) is 1. The van der Waals surface area contributed by atoms with E-state index >= 15 is 0 Å². The molecule has 1 aromatic heterocycles. The molecule has 2 aromatic rings. The van der Waals surface area contributed by atoms with Gasteiger partial charge >= 0.3 is 5.97 Å². The van der Waals surface area contributed by atoms with Crippen molar-refractivity contribution in [2.24, 2.45) is 0 Å². The second kappa shape index (κ2) is 8.59. The molecule has 1 amide bonds. The van der Waals surface area contributed by atoms with E-state index in [0.29, 0.717) is 16.4 Å². The average Bonchev–Trinajstić information content (AvgIpc) is 3.02. The third-order valence-corrected chi connectivity index (χ3v) is 3.00. The minimum atomic E-state index is -0.675. The molecule has 0 spiro atoms. The number of carbonyl (C=O) groups excluding carboxylic acids is 2. The molecule has 0 unspecified atom stereocenters. The summed E-state index contributed by atoms with van der Waals surface area (Å²) < 4.78 is 4.79. The van der Waals surface area contributed by atoms with Crippen LogP contribution in [-0.4, -0.2) is 45.2 Å². The lowest BCUT2D eigenvalue weighted by atomic mass is 10.2. The van der Waals surface area contributed by atoms with Crippen LogP contribution in [0.2, 0.25) is 5.02 Å². The van der Waals surface area contributed by atoms with Crippen molar-refractivity contribution in [1.82, 2.24) is 25.5 Å². The fourth-order valence-corrected chi connectivity index (χ4v) is 1.77. The SMILES string of the molecule is N#CCCNC(=O)COC(=O)Cn1nnc(-c2ccc(Cl)cc2)n1. The summed E-state index contributed by atoms with van der Waals surface area (Å²) >= 11 is 5.80. The first-order chi connectivity index (χ1) is 11.6. The molecule has 124 valence electrons. The summed E-state index contributed by atoms with van der Waals surface area (Å²) in [5, 5.41) is 23.0. The maximum absolute atomic E-state index is 11.6. The minimum Gasteiger partial charge on any atom is -0.454 e. The number of aromatic nitrogens is 4. The number of ether oxygens (including phenoxy) is 1. The van der Waals surface area contributed by atoms with Crippen LogP contribution in [0, 0.1) is 11.3 Å². The number of halogens is 1. The van der Waals surface area contributed by atoms with E-state index in [4.69, 9.17) is 21.6 Å². The number of tetrazole rings is 1. The smallest absolute Gasteiger partial charge is 0.330 e. The lowest BCUT2D eigenvalue weighted by molar-refractivity contribution is -0.149. The highest BCUT2D eigenvalue weighted by Gasteiger charge is 2.12. The van der Waals surface area contributed by atoms with E-state index in [1.54, 1.807) is 24.3 Å². The van der Waals surface area contributed by atoms with Crippen LogP contribution < -0.4 is 5.32 Å². The topological polar surface area (TPSA) is 123 Å². The van der Waals surface area contributed by atoms with Crippen molar-refractivity contribution in [2.45, 2.75) is 13.0 Å². The average molecular weight is 349 g/mol.